The molecule has 0 bridgehead atoms. The van der Waals surface area contributed by atoms with E-state index in [1.54, 1.807) is 0 Å². The number of rotatable bonds is 1. The Bertz CT molecular complexity index is 1040. The molecular formula is C22H20S. The van der Waals surface area contributed by atoms with E-state index >= 15 is 0 Å². The third kappa shape index (κ3) is 2.19. The van der Waals surface area contributed by atoms with Crippen LogP contribution in [0.3, 0.4) is 0 Å². The summed E-state index contributed by atoms with van der Waals surface area (Å²) < 4.78 is 2.81. The number of fused-ring (bicyclic) bond motifs is 3. The Morgan fingerprint density at radius 2 is 1.35 bits per heavy atom. The topological polar surface area (TPSA) is 0 Å². The third-order valence-electron chi connectivity index (χ3n) is 4.96. The highest BCUT2D eigenvalue weighted by Crippen LogP contribution is 2.43. The summed E-state index contributed by atoms with van der Waals surface area (Å²) in [5.74, 6) is 0. The third-order valence-corrected chi connectivity index (χ3v) is 6.15. The van der Waals surface area contributed by atoms with Crippen LogP contribution in [-0.4, -0.2) is 0 Å². The zero-order valence-electron chi connectivity index (χ0n) is 14.0. The van der Waals surface area contributed by atoms with Gasteiger partial charge in [0.25, 0.3) is 0 Å². The second-order valence-electron chi connectivity index (χ2n) is 6.47. The highest BCUT2D eigenvalue weighted by molar-refractivity contribution is 7.26. The number of hydrogen-bond donors (Lipinski definition) is 0. The first-order chi connectivity index (χ1) is 11.1. The van der Waals surface area contributed by atoms with Crippen molar-refractivity contribution in [3.8, 4) is 11.1 Å². The lowest BCUT2D eigenvalue weighted by molar-refractivity contribution is 1.36. The summed E-state index contributed by atoms with van der Waals surface area (Å²) in [6, 6.07) is 17.9. The predicted octanol–water partition coefficient (Wildman–Crippen LogP) is 6.96. The number of aryl methyl sites for hydroxylation is 3. The van der Waals surface area contributed by atoms with Gasteiger partial charge in [0, 0.05) is 25.7 Å². The number of benzene rings is 3. The largest absolute Gasteiger partial charge is 0.135 e. The number of hydrogen-bond acceptors (Lipinski definition) is 1. The smallest absolute Gasteiger partial charge is 0.0436 e. The maximum atomic E-state index is 2.37. The van der Waals surface area contributed by atoms with E-state index in [0.717, 1.165) is 0 Å². The molecule has 1 heterocycles. The van der Waals surface area contributed by atoms with Gasteiger partial charge in [-0.25, -0.2) is 0 Å². The van der Waals surface area contributed by atoms with E-state index in [2.05, 4.69) is 76.2 Å². The molecule has 114 valence electrons. The minimum atomic E-state index is 1.32. The Morgan fingerprint density at radius 3 is 2.09 bits per heavy atom. The van der Waals surface area contributed by atoms with Gasteiger partial charge in [0.05, 0.1) is 0 Å². The molecule has 0 fully saturated rings. The van der Waals surface area contributed by atoms with Crippen LogP contribution in [0.1, 0.15) is 22.3 Å². The molecule has 0 nitrogen and oxygen atoms in total. The molecule has 0 atom stereocenters. The molecule has 0 N–H and O–H groups in total. The zero-order chi connectivity index (χ0) is 16.1. The Morgan fingerprint density at radius 1 is 0.696 bits per heavy atom. The summed E-state index contributed by atoms with van der Waals surface area (Å²) in [6.45, 7) is 8.88. The second kappa shape index (κ2) is 5.21. The quantitative estimate of drug-likeness (QED) is 0.356. The minimum Gasteiger partial charge on any atom is -0.135 e. The van der Waals surface area contributed by atoms with Gasteiger partial charge in [-0.3, -0.25) is 0 Å². The van der Waals surface area contributed by atoms with Crippen molar-refractivity contribution in [2.45, 2.75) is 27.7 Å². The van der Waals surface area contributed by atoms with E-state index in [9.17, 15) is 0 Å². The molecule has 23 heavy (non-hydrogen) atoms. The highest BCUT2D eigenvalue weighted by Gasteiger charge is 2.15. The molecule has 0 aliphatic carbocycles. The van der Waals surface area contributed by atoms with Gasteiger partial charge < -0.3 is 0 Å². The minimum absolute atomic E-state index is 1.32. The fourth-order valence-corrected chi connectivity index (χ4v) is 4.73. The standard InChI is InChI=1S/C22H20S/c1-13-10-18-19-11-15(3)16(4)21(17-8-6-5-7-9-17)22(19)23-20(18)12-14(13)2/h5-12H,1-4H3. The predicted molar refractivity (Wildman–Crippen MR) is 104 cm³/mol. The molecule has 0 amide bonds. The van der Waals surface area contributed by atoms with Gasteiger partial charge in [-0.05, 0) is 73.7 Å². The van der Waals surface area contributed by atoms with Gasteiger partial charge in [0.1, 0.15) is 0 Å². The van der Waals surface area contributed by atoms with Crippen molar-refractivity contribution in [1.29, 1.82) is 0 Å². The van der Waals surface area contributed by atoms with Crippen molar-refractivity contribution in [2.24, 2.45) is 0 Å². The fraction of sp³-hybridized carbons (Fsp3) is 0.182. The molecular weight excluding hydrogens is 296 g/mol. The molecule has 0 aliphatic rings. The first-order valence-electron chi connectivity index (χ1n) is 8.05. The van der Waals surface area contributed by atoms with E-state index in [4.69, 9.17) is 0 Å². The lowest BCUT2D eigenvalue weighted by Gasteiger charge is -2.11. The van der Waals surface area contributed by atoms with Gasteiger partial charge in [0.2, 0.25) is 0 Å². The van der Waals surface area contributed by atoms with Crippen molar-refractivity contribution in [1.82, 2.24) is 0 Å². The van der Waals surface area contributed by atoms with Gasteiger partial charge in [-0.2, -0.15) is 0 Å². The highest BCUT2D eigenvalue weighted by atomic mass is 32.1. The summed E-state index contributed by atoms with van der Waals surface area (Å²) in [5, 5.41) is 2.79. The summed E-state index contributed by atoms with van der Waals surface area (Å²) in [4.78, 5) is 0. The molecule has 3 aromatic carbocycles. The van der Waals surface area contributed by atoms with Crippen LogP contribution in [0.5, 0.6) is 0 Å². The molecule has 0 spiro atoms. The lowest BCUT2D eigenvalue weighted by atomic mass is 9.94. The van der Waals surface area contributed by atoms with Crippen LogP contribution in [0.4, 0.5) is 0 Å². The SMILES string of the molecule is Cc1cc2sc3c(-c4ccccc4)c(C)c(C)cc3c2cc1C. The van der Waals surface area contributed by atoms with E-state index in [1.807, 2.05) is 11.3 Å². The molecule has 0 unspecified atom stereocenters. The fourth-order valence-electron chi connectivity index (χ4n) is 3.35. The van der Waals surface area contributed by atoms with E-state index in [-0.39, 0.29) is 0 Å². The summed E-state index contributed by atoms with van der Waals surface area (Å²) in [6.07, 6.45) is 0. The maximum absolute atomic E-state index is 2.37. The van der Waals surface area contributed by atoms with Crippen LogP contribution in [0.25, 0.3) is 31.3 Å². The normalized spacial score (nSPS) is 11.5. The van der Waals surface area contributed by atoms with Gasteiger partial charge in [-0.1, -0.05) is 30.3 Å². The van der Waals surface area contributed by atoms with Crippen LogP contribution < -0.4 is 0 Å². The van der Waals surface area contributed by atoms with Gasteiger partial charge >= 0.3 is 0 Å². The molecule has 0 aliphatic heterocycles. The van der Waals surface area contributed by atoms with Gasteiger partial charge in [-0.15, -0.1) is 11.3 Å². The Hall–Kier alpha value is -2.12. The van der Waals surface area contributed by atoms with Gasteiger partial charge in [0.15, 0.2) is 0 Å². The van der Waals surface area contributed by atoms with Crippen LogP contribution in [0.2, 0.25) is 0 Å². The molecule has 4 rings (SSSR count). The van der Waals surface area contributed by atoms with Crippen molar-refractivity contribution >= 4 is 31.5 Å². The Labute approximate surface area is 141 Å². The summed E-state index contributed by atoms with van der Waals surface area (Å²) >= 11 is 1.93. The lowest BCUT2D eigenvalue weighted by Crippen LogP contribution is -1.88. The van der Waals surface area contributed by atoms with E-state index < -0.39 is 0 Å². The first-order valence-corrected chi connectivity index (χ1v) is 8.87. The monoisotopic (exact) mass is 316 g/mol. The van der Waals surface area contributed by atoms with E-state index in [0.29, 0.717) is 0 Å². The molecule has 0 saturated heterocycles. The van der Waals surface area contributed by atoms with Crippen molar-refractivity contribution < 1.29 is 0 Å². The molecule has 0 saturated carbocycles. The molecule has 0 radical (unpaired) electrons. The van der Waals surface area contributed by atoms with Crippen molar-refractivity contribution in [2.75, 3.05) is 0 Å². The van der Waals surface area contributed by atoms with Crippen molar-refractivity contribution in [3.05, 3.63) is 70.8 Å². The zero-order valence-corrected chi connectivity index (χ0v) is 14.8. The average Bonchev–Trinajstić information content (AvgIpc) is 2.87. The van der Waals surface area contributed by atoms with E-state index in [1.165, 1.54) is 53.6 Å². The summed E-state index contributed by atoms with van der Waals surface area (Å²) in [7, 11) is 0. The molecule has 1 aromatic heterocycles. The molecule has 1 heteroatoms. The number of thiophene rings is 1. The van der Waals surface area contributed by atoms with Crippen LogP contribution in [0.15, 0.2) is 48.5 Å². The average molecular weight is 316 g/mol. The summed E-state index contributed by atoms with van der Waals surface area (Å²) in [5.41, 5.74) is 8.23. The maximum Gasteiger partial charge on any atom is 0.0436 e. The van der Waals surface area contributed by atoms with Crippen LogP contribution >= 0.6 is 11.3 Å². The van der Waals surface area contributed by atoms with Crippen molar-refractivity contribution in [3.63, 3.8) is 0 Å². The Balaban J connectivity index is 2.19. The first kappa shape index (κ1) is 14.5. The Kier molecular flexibility index (Phi) is 3.28. The second-order valence-corrected chi connectivity index (χ2v) is 7.52. The van der Waals surface area contributed by atoms with Crippen LogP contribution in [-0.2, 0) is 0 Å². The van der Waals surface area contributed by atoms with Crippen LogP contribution in [0, 0.1) is 27.7 Å². The molecule has 4 aromatic rings.